The molecule has 0 bridgehead atoms. The Morgan fingerprint density at radius 2 is 1.79 bits per heavy atom. The third-order valence-electron chi connectivity index (χ3n) is 6.16. The molecule has 2 saturated carbocycles. The van der Waals surface area contributed by atoms with E-state index in [9.17, 15) is 5.11 Å². The van der Waals surface area contributed by atoms with Crippen LogP contribution in [-0.2, 0) is 0 Å². The molecule has 0 spiro atoms. The zero-order valence-electron chi connectivity index (χ0n) is 15.3. The Labute approximate surface area is 147 Å². The predicted molar refractivity (Wildman–Crippen MR) is 99.3 cm³/mol. The summed E-state index contributed by atoms with van der Waals surface area (Å²) < 4.78 is 0. The van der Waals surface area contributed by atoms with E-state index in [2.05, 4.69) is 22.5 Å². The minimum Gasteiger partial charge on any atom is -0.393 e. The Hall–Kier alpha value is -0.810. The van der Waals surface area contributed by atoms with Crippen molar-refractivity contribution in [1.82, 2.24) is 15.5 Å². The molecule has 0 aromatic rings. The monoisotopic (exact) mass is 336 g/mol. The fourth-order valence-electron chi connectivity index (χ4n) is 4.63. The van der Waals surface area contributed by atoms with Gasteiger partial charge in [0.1, 0.15) is 0 Å². The second kappa shape index (κ2) is 9.04. The minimum absolute atomic E-state index is 0.147. The Kier molecular flexibility index (Phi) is 6.78. The molecule has 138 valence electrons. The minimum atomic E-state index is -0.147. The Balaban J connectivity index is 1.45. The number of aliphatic hydroxyl groups excluding tert-OH is 1. The fourth-order valence-corrected chi connectivity index (χ4v) is 4.63. The highest BCUT2D eigenvalue weighted by molar-refractivity contribution is 5.80. The van der Waals surface area contributed by atoms with Crippen LogP contribution in [-0.4, -0.2) is 60.3 Å². The van der Waals surface area contributed by atoms with Crippen LogP contribution in [0.2, 0.25) is 0 Å². The quantitative estimate of drug-likeness (QED) is 0.532. The Bertz CT molecular complexity index is 400. The van der Waals surface area contributed by atoms with Gasteiger partial charge in [0.2, 0.25) is 0 Å². The lowest BCUT2D eigenvalue weighted by atomic mass is 10.0. The van der Waals surface area contributed by atoms with Gasteiger partial charge in [-0.2, -0.15) is 0 Å². The van der Waals surface area contributed by atoms with E-state index in [0.717, 1.165) is 44.4 Å². The van der Waals surface area contributed by atoms with Crippen molar-refractivity contribution in [2.45, 2.75) is 82.9 Å². The van der Waals surface area contributed by atoms with E-state index >= 15 is 0 Å². The summed E-state index contributed by atoms with van der Waals surface area (Å²) >= 11 is 0. The zero-order chi connectivity index (χ0) is 16.8. The summed E-state index contributed by atoms with van der Waals surface area (Å²) in [4.78, 5) is 7.47. The highest BCUT2D eigenvalue weighted by Crippen LogP contribution is 2.27. The molecule has 1 saturated heterocycles. The molecule has 5 nitrogen and oxygen atoms in total. The normalized spacial score (nSPS) is 30.8. The van der Waals surface area contributed by atoms with Crippen molar-refractivity contribution in [3.63, 3.8) is 0 Å². The number of aliphatic imine (C=N–C) groups is 1. The van der Waals surface area contributed by atoms with Crippen LogP contribution in [0.3, 0.4) is 0 Å². The molecule has 1 heterocycles. The van der Waals surface area contributed by atoms with Gasteiger partial charge in [-0.05, 0) is 45.4 Å². The maximum Gasteiger partial charge on any atom is 0.191 e. The average molecular weight is 337 g/mol. The molecule has 2 atom stereocenters. The van der Waals surface area contributed by atoms with Crippen LogP contribution in [0.15, 0.2) is 4.99 Å². The highest BCUT2D eigenvalue weighted by atomic mass is 16.3. The van der Waals surface area contributed by atoms with E-state index in [1.54, 1.807) is 0 Å². The SMILES string of the molecule is CCNC(=NCC1CCCC1O)NC1CCN(C2CCCC2)CC1. The Morgan fingerprint density at radius 3 is 2.42 bits per heavy atom. The standard InChI is InChI=1S/C19H36N4O/c1-2-20-19(21-14-15-6-5-9-18(15)24)22-16-10-12-23(13-11-16)17-7-3-4-8-17/h15-18,24H,2-14H2,1H3,(H2,20,21,22). The summed E-state index contributed by atoms with van der Waals surface area (Å²) in [5, 5.41) is 17.0. The van der Waals surface area contributed by atoms with Gasteiger partial charge in [-0.25, -0.2) is 0 Å². The fraction of sp³-hybridized carbons (Fsp3) is 0.947. The van der Waals surface area contributed by atoms with Crippen molar-refractivity contribution in [2.24, 2.45) is 10.9 Å². The molecule has 3 rings (SSSR count). The summed E-state index contributed by atoms with van der Waals surface area (Å²) in [5.41, 5.74) is 0. The molecular weight excluding hydrogens is 300 g/mol. The number of piperidine rings is 1. The lowest BCUT2D eigenvalue weighted by Gasteiger charge is -2.36. The van der Waals surface area contributed by atoms with Gasteiger partial charge in [0.15, 0.2) is 5.96 Å². The number of likely N-dealkylation sites (tertiary alicyclic amines) is 1. The van der Waals surface area contributed by atoms with Crippen molar-refractivity contribution >= 4 is 5.96 Å². The first-order chi connectivity index (χ1) is 11.8. The molecule has 0 radical (unpaired) electrons. The highest BCUT2D eigenvalue weighted by Gasteiger charge is 2.28. The predicted octanol–water partition coefficient (Wildman–Crippen LogP) is 2.11. The van der Waals surface area contributed by atoms with Crippen molar-refractivity contribution in [3.05, 3.63) is 0 Å². The van der Waals surface area contributed by atoms with E-state index in [1.807, 2.05) is 0 Å². The molecule has 3 N–H and O–H groups in total. The maximum atomic E-state index is 9.97. The number of nitrogens with zero attached hydrogens (tertiary/aromatic N) is 2. The van der Waals surface area contributed by atoms with Gasteiger partial charge in [-0.1, -0.05) is 19.3 Å². The summed E-state index contributed by atoms with van der Waals surface area (Å²) in [6, 6.07) is 1.39. The molecule has 2 aliphatic carbocycles. The summed E-state index contributed by atoms with van der Waals surface area (Å²) in [5.74, 6) is 1.29. The van der Waals surface area contributed by atoms with Gasteiger partial charge in [-0.15, -0.1) is 0 Å². The van der Waals surface area contributed by atoms with Gasteiger partial charge >= 0.3 is 0 Å². The number of hydrogen-bond acceptors (Lipinski definition) is 3. The smallest absolute Gasteiger partial charge is 0.191 e. The van der Waals surface area contributed by atoms with Gasteiger partial charge in [0, 0.05) is 44.2 Å². The molecule has 1 aliphatic heterocycles. The second-order valence-corrected chi connectivity index (χ2v) is 7.87. The Morgan fingerprint density at radius 1 is 1.04 bits per heavy atom. The van der Waals surface area contributed by atoms with Crippen molar-refractivity contribution in [1.29, 1.82) is 0 Å². The van der Waals surface area contributed by atoms with Gasteiger partial charge < -0.3 is 20.6 Å². The van der Waals surface area contributed by atoms with Gasteiger partial charge in [0.25, 0.3) is 0 Å². The maximum absolute atomic E-state index is 9.97. The molecule has 0 amide bonds. The first-order valence-electron chi connectivity index (χ1n) is 10.2. The van der Waals surface area contributed by atoms with Crippen LogP contribution in [0.25, 0.3) is 0 Å². The van der Waals surface area contributed by atoms with E-state index in [-0.39, 0.29) is 6.10 Å². The van der Waals surface area contributed by atoms with E-state index in [1.165, 1.54) is 51.6 Å². The summed E-state index contributed by atoms with van der Waals surface area (Å²) in [6.45, 7) is 6.20. The van der Waals surface area contributed by atoms with Crippen LogP contribution in [0.4, 0.5) is 0 Å². The third kappa shape index (κ3) is 4.85. The lowest BCUT2D eigenvalue weighted by Crippen LogP contribution is -2.50. The third-order valence-corrected chi connectivity index (χ3v) is 6.16. The largest absolute Gasteiger partial charge is 0.393 e. The van der Waals surface area contributed by atoms with Crippen LogP contribution in [0.5, 0.6) is 0 Å². The molecule has 2 unspecified atom stereocenters. The zero-order valence-corrected chi connectivity index (χ0v) is 15.3. The van der Waals surface area contributed by atoms with Crippen LogP contribution < -0.4 is 10.6 Å². The number of guanidine groups is 1. The van der Waals surface area contributed by atoms with Gasteiger partial charge in [0.05, 0.1) is 6.10 Å². The summed E-state index contributed by atoms with van der Waals surface area (Å²) in [6.07, 6.45) is 11.2. The van der Waals surface area contributed by atoms with E-state index < -0.39 is 0 Å². The number of aliphatic hydroxyl groups is 1. The molecule has 0 aromatic carbocycles. The van der Waals surface area contributed by atoms with Crippen LogP contribution >= 0.6 is 0 Å². The molecule has 5 heteroatoms. The molecule has 3 aliphatic rings. The van der Waals surface area contributed by atoms with Crippen LogP contribution in [0.1, 0.15) is 64.7 Å². The van der Waals surface area contributed by atoms with Crippen molar-refractivity contribution in [2.75, 3.05) is 26.2 Å². The molecular formula is C19H36N4O. The molecule has 3 fully saturated rings. The average Bonchev–Trinajstić information content (AvgIpc) is 3.25. The van der Waals surface area contributed by atoms with Crippen LogP contribution in [0, 0.1) is 5.92 Å². The van der Waals surface area contributed by atoms with Crippen molar-refractivity contribution in [3.8, 4) is 0 Å². The first kappa shape index (κ1) is 18.0. The number of nitrogens with one attached hydrogen (secondary N) is 2. The van der Waals surface area contributed by atoms with E-state index in [4.69, 9.17) is 4.99 Å². The van der Waals surface area contributed by atoms with Crippen molar-refractivity contribution < 1.29 is 5.11 Å². The first-order valence-corrected chi connectivity index (χ1v) is 10.2. The molecule has 0 aromatic heterocycles. The van der Waals surface area contributed by atoms with Gasteiger partial charge in [-0.3, -0.25) is 4.99 Å². The number of hydrogen-bond donors (Lipinski definition) is 3. The number of rotatable bonds is 5. The topological polar surface area (TPSA) is 59.9 Å². The second-order valence-electron chi connectivity index (χ2n) is 7.87. The molecule has 24 heavy (non-hydrogen) atoms. The van der Waals surface area contributed by atoms with E-state index in [0.29, 0.717) is 12.0 Å². The summed E-state index contributed by atoms with van der Waals surface area (Å²) in [7, 11) is 0. The lowest BCUT2D eigenvalue weighted by molar-refractivity contribution is 0.136.